The van der Waals surface area contributed by atoms with Crippen LogP contribution in [-0.4, -0.2) is 23.5 Å². The third kappa shape index (κ3) is 2.58. The molecule has 2 nitrogen and oxygen atoms in total. The quantitative estimate of drug-likeness (QED) is 0.796. The second-order valence-electron chi connectivity index (χ2n) is 5.30. The number of nitrogens with two attached hydrogens (primary N) is 1. The second kappa shape index (κ2) is 3.62. The summed E-state index contributed by atoms with van der Waals surface area (Å²) >= 11 is 0. The van der Waals surface area contributed by atoms with E-state index in [0.29, 0.717) is 0 Å². The summed E-state index contributed by atoms with van der Waals surface area (Å²) < 4.78 is 0. The van der Waals surface area contributed by atoms with Gasteiger partial charge in [0.25, 0.3) is 0 Å². The molecule has 1 aromatic rings. The molecule has 0 atom stereocenters. The van der Waals surface area contributed by atoms with Gasteiger partial charge in [-0.3, -0.25) is 4.90 Å². The van der Waals surface area contributed by atoms with Crippen LogP contribution in [0.2, 0.25) is 0 Å². The van der Waals surface area contributed by atoms with Crippen LogP contribution < -0.4 is 5.73 Å². The number of aryl methyl sites for hydroxylation is 2. The summed E-state index contributed by atoms with van der Waals surface area (Å²) in [6, 6.07) is 6.74. The summed E-state index contributed by atoms with van der Waals surface area (Å²) in [5.74, 6) is 0. The summed E-state index contributed by atoms with van der Waals surface area (Å²) in [6.07, 6.45) is 0. The molecular weight excluding hydrogens is 184 g/mol. The topological polar surface area (TPSA) is 29.3 Å². The van der Waals surface area contributed by atoms with Gasteiger partial charge in [0, 0.05) is 25.2 Å². The first-order valence-corrected chi connectivity index (χ1v) is 5.53. The molecule has 1 aliphatic heterocycles. The van der Waals surface area contributed by atoms with Gasteiger partial charge < -0.3 is 5.73 Å². The van der Waals surface area contributed by atoms with Gasteiger partial charge in [-0.2, -0.15) is 0 Å². The Bertz CT molecular complexity index is 341. The Morgan fingerprint density at radius 1 is 1.20 bits per heavy atom. The van der Waals surface area contributed by atoms with Gasteiger partial charge >= 0.3 is 0 Å². The minimum Gasteiger partial charge on any atom is -0.323 e. The van der Waals surface area contributed by atoms with Crippen LogP contribution in [0.5, 0.6) is 0 Å². The molecule has 1 aromatic carbocycles. The van der Waals surface area contributed by atoms with Gasteiger partial charge in [-0.1, -0.05) is 29.3 Å². The molecule has 1 heterocycles. The fraction of sp³-hybridized carbons (Fsp3) is 0.538. The predicted molar refractivity (Wildman–Crippen MR) is 63.8 cm³/mol. The normalized spacial score (nSPS) is 20.0. The van der Waals surface area contributed by atoms with E-state index in [1.807, 2.05) is 0 Å². The fourth-order valence-electron chi connectivity index (χ4n) is 2.51. The first-order valence-electron chi connectivity index (χ1n) is 5.53. The Hall–Kier alpha value is -0.860. The number of nitrogens with zero attached hydrogens (tertiary/aromatic N) is 1. The van der Waals surface area contributed by atoms with Gasteiger partial charge in [-0.25, -0.2) is 0 Å². The average molecular weight is 204 g/mol. The van der Waals surface area contributed by atoms with Crippen molar-refractivity contribution in [1.29, 1.82) is 0 Å². The molecule has 2 heteroatoms. The van der Waals surface area contributed by atoms with Crippen molar-refractivity contribution >= 4 is 0 Å². The Labute approximate surface area is 92.1 Å². The third-order valence-corrected chi connectivity index (χ3v) is 2.86. The standard InChI is InChI=1S/C13H20N2/c1-10-4-11(2)6-12(5-10)7-15-8-13(3,14)9-15/h4-6H,7-9,14H2,1-3H3. The molecule has 2 N–H and O–H groups in total. The molecule has 1 saturated heterocycles. The van der Waals surface area contributed by atoms with Crippen molar-refractivity contribution in [2.45, 2.75) is 32.9 Å². The molecule has 0 unspecified atom stereocenters. The van der Waals surface area contributed by atoms with Crippen molar-refractivity contribution in [3.8, 4) is 0 Å². The highest BCUT2D eigenvalue weighted by molar-refractivity contribution is 5.28. The van der Waals surface area contributed by atoms with Crippen LogP contribution in [0, 0.1) is 13.8 Å². The van der Waals surface area contributed by atoms with Gasteiger partial charge in [0.1, 0.15) is 0 Å². The van der Waals surface area contributed by atoms with E-state index in [1.165, 1.54) is 16.7 Å². The van der Waals surface area contributed by atoms with Crippen LogP contribution in [0.3, 0.4) is 0 Å². The van der Waals surface area contributed by atoms with E-state index >= 15 is 0 Å². The second-order valence-corrected chi connectivity index (χ2v) is 5.30. The zero-order valence-corrected chi connectivity index (χ0v) is 9.88. The van der Waals surface area contributed by atoms with E-state index in [0.717, 1.165) is 19.6 Å². The maximum atomic E-state index is 5.98. The van der Waals surface area contributed by atoms with Crippen molar-refractivity contribution in [3.05, 3.63) is 34.9 Å². The predicted octanol–water partition coefficient (Wildman–Crippen LogP) is 1.84. The maximum absolute atomic E-state index is 5.98. The largest absolute Gasteiger partial charge is 0.323 e. The van der Waals surface area contributed by atoms with Crippen LogP contribution in [0.25, 0.3) is 0 Å². The van der Waals surface area contributed by atoms with E-state index in [9.17, 15) is 0 Å². The van der Waals surface area contributed by atoms with Crippen LogP contribution >= 0.6 is 0 Å². The lowest BCUT2D eigenvalue weighted by atomic mass is 9.93. The number of likely N-dealkylation sites (tertiary alicyclic amines) is 1. The lowest BCUT2D eigenvalue weighted by Gasteiger charge is -2.45. The molecule has 0 bridgehead atoms. The molecule has 0 aliphatic carbocycles. The summed E-state index contributed by atoms with van der Waals surface area (Å²) in [7, 11) is 0. The Morgan fingerprint density at radius 3 is 2.20 bits per heavy atom. The van der Waals surface area contributed by atoms with Gasteiger partial charge in [0.2, 0.25) is 0 Å². The monoisotopic (exact) mass is 204 g/mol. The van der Waals surface area contributed by atoms with E-state index in [-0.39, 0.29) is 5.54 Å². The highest BCUT2D eigenvalue weighted by Crippen LogP contribution is 2.20. The van der Waals surface area contributed by atoms with Gasteiger partial charge in [-0.15, -0.1) is 0 Å². The van der Waals surface area contributed by atoms with Gasteiger partial charge in [0.15, 0.2) is 0 Å². The number of rotatable bonds is 2. The zero-order valence-electron chi connectivity index (χ0n) is 9.88. The zero-order chi connectivity index (χ0) is 11.1. The molecule has 0 amide bonds. The first kappa shape index (κ1) is 10.7. The fourth-order valence-corrected chi connectivity index (χ4v) is 2.51. The van der Waals surface area contributed by atoms with E-state index in [2.05, 4.69) is 43.9 Å². The lowest BCUT2D eigenvalue weighted by molar-refractivity contribution is 0.0764. The van der Waals surface area contributed by atoms with Crippen molar-refractivity contribution in [2.24, 2.45) is 5.73 Å². The molecule has 0 spiro atoms. The molecular formula is C13H20N2. The summed E-state index contributed by atoms with van der Waals surface area (Å²) in [5, 5.41) is 0. The molecule has 2 rings (SSSR count). The van der Waals surface area contributed by atoms with Crippen molar-refractivity contribution in [3.63, 3.8) is 0 Å². The van der Waals surface area contributed by atoms with Crippen molar-refractivity contribution in [1.82, 2.24) is 4.90 Å². The highest BCUT2D eigenvalue weighted by atomic mass is 15.2. The van der Waals surface area contributed by atoms with Crippen LogP contribution in [0.4, 0.5) is 0 Å². The molecule has 0 aromatic heterocycles. The van der Waals surface area contributed by atoms with Crippen LogP contribution in [0.1, 0.15) is 23.6 Å². The van der Waals surface area contributed by atoms with Gasteiger partial charge in [-0.05, 0) is 26.3 Å². The lowest BCUT2D eigenvalue weighted by Crippen LogP contribution is -2.64. The van der Waals surface area contributed by atoms with E-state index in [1.54, 1.807) is 0 Å². The molecule has 0 radical (unpaired) electrons. The van der Waals surface area contributed by atoms with Crippen molar-refractivity contribution < 1.29 is 0 Å². The molecule has 1 fully saturated rings. The van der Waals surface area contributed by atoms with Crippen molar-refractivity contribution in [2.75, 3.05) is 13.1 Å². The Morgan fingerprint density at radius 2 is 1.73 bits per heavy atom. The molecule has 0 saturated carbocycles. The van der Waals surface area contributed by atoms with E-state index < -0.39 is 0 Å². The Kier molecular flexibility index (Phi) is 2.57. The van der Waals surface area contributed by atoms with Crippen LogP contribution in [-0.2, 0) is 6.54 Å². The minimum atomic E-state index is 0.0405. The SMILES string of the molecule is Cc1cc(C)cc(CN2CC(C)(N)C2)c1. The summed E-state index contributed by atoms with van der Waals surface area (Å²) in [6.45, 7) is 9.49. The first-order chi connectivity index (χ1) is 6.94. The summed E-state index contributed by atoms with van der Waals surface area (Å²) in [4.78, 5) is 2.40. The maximum Gasteiger partial charge on any atom is 0.0384 e. The highest BCUT2D eigenvalue weighted by Gasteiger charge is 2.34. The summed E-state index contributed by atoms with van der Waals surface area (Å²) in [5.41, 5.74) is 10.1. The minimum absolute atomic E-state index is 0.0405. The molecule has 15 heavy (non-hydrogen) atoms. The molecule has 1 aliphatic rings. The average Bonchev–Trinajstić information content (AvgIpc) is 1.97. The Balaban J connectivity index is 2.00. The number of hydrogen-bond donors (Lipinski definition) is 1. The number of hydrogen-bond acceptors (Lipinski definition) is 2. The third-order valence-electron chi connectivity index (χ3n) is 2.86. The van der Waals surface area contributed by atoms with Gasteiger partial charge in [0.05, 0.1) is 0 Å². The number of benzene rings is 1. The molecule has 82 valence electrons. The smallest absolute Gasteiger partial charge is 0.0384 e. The van der Waals surface area contributed by atoms with E-state index in [4.69, 9.17) is 5.73 Å². The van der Waals surface area contributed by atoms with Crippen LogP contribution in [0.15, 0.2) is 18.2 Å².